The van der Waals surface area contributed by atoms with Gasteiger partial charge in [-0.05, 0) is 31.4 Å². The molecular weight excluding hydrogens is 234 g/mol. The minimum Gasteiger partial charge on any atom is -0.490 e. The zero-order valence-electron chi connectivity index (χ0n) is 10.1. The number of aliphatic hydroxyl groups is 1. The number of benzene rings is 1. The van der Waals surface area contributed by atoms with Crippen molar-refractivity contribution in [1.29, 1.82) is 0 Å². The van der Waals surface area contributed by atoms with Crippen LogP contribution >= 0.6 is 0 Å². The molecule has 0 radical (unpaired) electrons. The second-order valence-electron chi connectivity index (χ2n) is 4.60. The molecule has 98 valence electrons. The molecule has 18 heavy (non-hydrogen) atoms. The Kier molecular flexibility index (Phi) is 3.72. The third-order valence-electron chi connectivity index (χ3n) is 2.98. The first-order valence-electron chi connectivity index (χ1n) is 5.94. The Labute approximate surface area is 106 Å². The monoisotopic (exact) mass is 251 g/mol. The summed E-state index contributed by atoms with van der Waals surface area (Å²) in [6.45, 7) is 0.125. The minimum absolute atomic E-state index is 0.159. The maximum atomic E-state index is 10.6. The van der Waals surface area contributed by atoms with Crippen LogP contribution < -0.4 is 15.2 Å². The van der Waals surface area contributed by atoms with E-state index in [4.69, 9.17) is 15.2 Å². The summed E-state index contributed by atoms with van der Waals surface area (Å²) in [6, 6.07) is 6.93. The number of hydrogen-bond acceptors (Lipinski definition) is 4. The van der Waals surface area contributed by atoms with E-state index in [0.29, 0.717) is 11.5 Å². The van der Waals surface area contributed by atoms with Crippen molar-refractivity contribution in [1.82, 2.24) is 0 Å². The fourth-order valence-electron chi connectivity index (χ4n) is 1.76. The summed E-state index contributed by atoms with van der Waals surface area (Å²) >= 11 is 0. The van der Waals surface area contributed by atoms with Gasteiger partial charge >= 0.3 is 0 Å². The maximum Gasteiger partial charge on any atom is 0.255 e. The van der Waals surface area contributed by atoms with Crippen molar-refractivity contribution in [2.75, 3.05) is 13.2 Å². The van der Waals surface area contributed by atoms with Crippen molar-refractivity contribution in [2.45, 2.75) is 24.9 Å². The highest BCUT2D eigenvalue weighted by molar-refractivity contribution is 5.75. The van der Waals surface area contributed by atoms with Crippen LogP contribution in [-0.2, 0) is 4.79 Å². The standard InChI is InChI=1S/C13H17NO4/c14-12(15)8-17-10-3-1-4-11(7-10)18-9-13(16)5-2-6-13/h1,3-4,7,16H,2,5-6,8-9H2,(H2,14,15). The Hall–Kier alpha value is -1.75. The molecule has 0 heterocycles. The summed E-state index contributed by atoms with van der Waals surface area (Å²) in [7, 11) is 0. The minimum atomic E-state index is -0.677. The summed E-state index contributed by atoms with van der Waals surface area (Å²) in [5.74, 6) is 0.606. The molecule has 1 aromatic carbocycles. The average molecular weight is 251 g/mol. The molecule has 5 heteroatoms. The van der Waals surface area contributed by atoms with Crippen molar-refractivity contribution in [3.63, 3.8) is 0 Å². The number of primary amides is 1. The summed E-state index contributed by atoms with van der Waals surface area (Å²) in [5.41, 5.74) is 4.31. The van der Waals surface area contributed by atoms with Crippen LogP contribution in [0.2, 0.25) is 0 Å². The van der Waals surface area contributed by atoms with Gasteiger partial charge in [-0.15, -0.1) is 0 Å². The Morgan fingerprint density at radius 1 is 1.33 bits per heavy atom. The largest absolute Gasteiger partial charge is 0.490 e. The maximum absolute atomic E-state index is 10.6. The van der Waals surface area contributed by atoms with Crippen LogP contribution in [0.5, 0.6) is 11.5 Å². The van der Waals surface area contributed by atoms with Gasteiger partial charge in [0.2, 0.25) is 0 Å². The van der Waals surface area contributed by atoms with Gasteiger partial charge < -0.3 is 20.3 Å². The average Bonchev–Trinajstić information content (AvgIpc) is 2.32. The lowest BCUT2D eigenvalue weighted by atomic mass is 9.81. The van der Waals surface area contributed by atoms with E-state index in [0.717, 1.165) is 19.3 Å². The number of hydrogen-bond donors (Lipinski definition) is 2. The van der Waals surface area contributed by atoms with E-state index in [9.17, 15) is 9.90 Å². The van der Waals surface area contributed by atoms with Gasteiger partial charge in [0.1, 0.15) is 18.1 Å². The van der Waals surface area contributed by atoms with Crippen molar-refractivity contribution in [3.8, 4) is 11.5 Å². The first-order valence-corrected chi connectivity index (χ1v) is 5.94. The van der Waals surface area contributed by atoms with Crippen LogP contribution in [0, 0.1) is 0 Å². The van der Waals surface area contributed by atoms with Crippen molar-refractivity contribution >= 4 is 5.91 Å². The van der Waals surface area contributed by atoms with Gasteiger partial charge in [-0.25, -0.2) is 0 Å². The predicted molar refractivity (Wildman–Crippen MR) is 65.4 cm³/mol. The van der Waals surface area contributed by atoms with Gasteiger partial charge in [0, 0.05) is 6.07 Å². The number of ether oxygens (including phenoxy) is 2. The smallest absolute Gasteiger partial charge is 0.255 e. The summed E-state index contributed by atoms with van der Waals surface area (Å²) in [6.07, 6.45) is 2.61. The van der Waals surface area contributed by atoms with E-state index < -0.39 is 11.5 Å². The van der Waals surface area contributed by atoms with Gasteiger partial charge in [-0.2, -0.15) is 0 Å². The fourth-order valence-corrected chi connectivity index (χ4v) is 1.76. The molecule has 1 aliphatic rings. The molecule has 1 amide bonds. The molecule has 3 N–H and O–H groups in total. The zero-order valence-corrected chi connectivity index (χ0v) is 10.1. The number of rotatable bonds is 6. The molecule has 0 bridgehead atoms. The molecule has 1 fully saturated rings. The van der Waals surface area contributed by atoms with E-state index in [2.05, 4.69) is 0 Å². The number of carbonyl (C=O) groups excluding carboxylic acids is 1. The number of carbonyl (C=O) groups is 1. The molecule has 1 saturated carbocycles. The molecule has 5 nitrogen and oxygen atoms in total. The van der Waals surface area contributed by atoms with Crippen molar-refractivity contribution < 1.29 is 19.4 Å². The molecule has 2 rings (SSSR count). The topological polar surface area (TPSA) is 81.8 Å². The van der Waals surface area contributed by atoms with E-state index in [1.165, 1.54) is 0 Å². The van der Waals surface area contributed by atoms with Gasteiger partial charge in [0.25, 0.3) is 5.91 Å². The van der Waals surface area contributed by atoms with Crippen LogP contribution in [0.15, 0.2) is 24.3 Å². The van der Waals surface area contributed by atoms with E-state index in [1.807, 2.05) is 0 Å². The molecule has 0 aliphatic heterocycles. The second-order valence-corrected chi connectivity index (χ2v) is 4.60. The lowest BCUT2D eigenvalue weighted by Gasteiger charge is -2.36. The highest BCUT2D eigenvalue weighted by Crippen LogP contribution is 2.32. The van der Waals surface area contributed by atoms with E-state index in [1.54, 1.807) is 24.3 Å². The third kappa shape index (κ3) is 3.37. The number of amides is 1. The third-order valence-corrected chi connectivity index (χ3v) is 2.98. The summed E-state index contributed by atoms with van der Waals surface area (Å²) in [4.78, 5) is 10.6. The Bertz CT molecular complexity index is 429. The summed E-state index contributed by atoms with van der Waals surface area (Å²) < 4.78 is 10.7. The molecule has 0 spiro atoms. The summed E-state index contributed by atoms with van der Waals surface area (Å²) in [5, 5.41) is 9.90. The highest BCUT2D eigenvalue weighted by Gasteiger charge is 2.35. The van der Waals surface area contributed by atoms with Crippen LogP contribution in [0.4, 0.5) is 0 Å². The Balaban J connectivity index is 1.88. The zero-order chi connectivity index (χ0) is 13.0. The normalized spacial score (nSPS) is 16.7. The van der Waals surface area contributed by atoms with Crippen molar-refractivity contribution in [3.05, 3.63) is 24.3 Å². The lowest BCUT2D eigenvalue weighted by molar-refractivity contribution is -0.119. The van der Waals surface area contributed by atoms with Crippen LogP contribution in [0.25, 0.3) is 0 Å². The highest BCUT2D eigenvalue weighted by atomic mass is 16.5. The van der Waals surface area contributed by atoms with Gasteiger partial charge in [0.05, 0.1) is 5.60 Å². The SMILES string of the molecule is NC(=O)COc1cccc(OCC2(O)CCC2)c1. The molecule has 1 aliphatic carbocycles. The molecular formula is C13H17NO4. The lowest BCUT2D eigenvalue weighted by Crippen LogP contribution is -2.42. The molecule has 0 aromatic heterocycles. The van der Waals surface area contributed by atoms with Crippen LogP contribution in [0.3, 0.4) is 0 Å². The molecule has 1 aromatic rings. The second kappa shape index (κ2) is 5.27. The van der Waals surface area contributed by atoms with Crippen LogP contribution in [0.1, 0.15) is 19.3 Å². The molecule has 0 unspecified atom stereocenters. The first-order chi connectivity index (χ1) is 8.57. The molecule has 0 atom stereocenters. The van der Waals surface area contributed by atoms with Crippen molar-refractivity contribution in [2.24, 2.45) is 5.73 Å². The van der Waals surface area contributed by atoms with Gasteiger partial charge in [-0.3, -0.25) is 4.79 Å². The first kappa shape index (κ1) is 12.7. The predicted octanol–water partition coefficient (Wildman–Crippen LogP) is 0.844. The molecule has 0 saturated heterocycles. The van der Waals surface area contributed by atoms with Crippen LogP contribution in [-0.4, -0.2) is 29.8 Å². The van der Waals surface area contributed by atoms with E-state index >= 15 is 0 Å². The van der Waals surface area contributed by atoms with E-state index in [-0.39, 0.29) is 13.2 Å². The Morgan fingerprint density at radius 2 is 2.00 bits per heavy atom. The van der Waals surface area contributed by atoms with Gasteiger partial charge in [0.15, 0.2) is 6.61 Å². The quantitative estimate of drug-likeness (QED) is 0.785. The number of nitrogens with two attached hydrogens (primary N) is 1. The van der Waals surface area contributed by atoms with Gasteiger partial charge in [-0.1, -0.05) is 6.07 Å². The Morgan fingerprint density at radius 3 is 2.56 bits per heavy atom. The fraction of sp³-hybridized carbons (Fsp3) is 0.462.